The van der Waals surface area contributed by atoms with Crippen molar-refractivity contribution in [2.24, 2.45) is 16.7 Å². The fourth-order valence-electron chi connectivity index (χ4n) is 9.96. The summed E-state index contributed by atoms with van der Waals surface area (Å²) in [6.07, 6.45) is -3.25. The Kier molecular flexibility index (Phi) is 11.7. The van der Waals surface area contributed by atoms with E-state index < -0.39 is 101 Å². The molecule has 1 saturated heterocycles. The van der Waals surface area contributed by atoms with Gasteiger partial charge in [0.1, 0.15) is 30.0 Å². The highest BCUT2D eigenvalue weighted by molar-refractivity contribution is 5.93. The van der Waals surface area contributed by atoms with Crippen LogP contribution in [0.2, 0.25) is 0 Å². The number of fused-ring (bicyclic) bond motifs is 6. The molecule has 5 N–H and O–H groups in total. The fourth-order valence-corrected chi connectivity index (χ4v) is 9.96. The van der Waals surface area contributed by atoms with Gasteiger partial charge in [0.25, 0.3) is 0 Å². The van der Waals surface area contributed by atoms with Crippen molar-refractivity contribution in [2.45, 2.75) is 146 Å². The topological polar surface area (TPSA) is 215 Å². The molecule has 5 aliphatic rings. The SMILES string of the molecule is CC(=O)O[C@@]12CO[C@@H]1C[C@H](O)[C@@]1(C)C(=O)[C@H](O)C3=C(C)[C@@H]4C[C@@](O)([C@@H](OC(=O)CCC/C=C/CCCCC(=O)N[C@@H](c5ccccc5)[C@@H](O)C(=O)O4)[C@H]21)C3(C)C. The molecule has 2 aliphatic heterocycles. The zero-order valence-electron chi connectivity index (χ0n) is 32.7. The van der Waals surface area contributed by atoms with E-state index in [-0.39, 0.29) is 42.9 Å². The number of carbonyl (C=O) groups is 5. The van der Waals surface area contributed by atoms with Gasteiger partial charge < -0.3 is 44.7 Å². The minimum atomic E-state index is -2.27. The zero-order valence-corrected chi connectivity index (χ0v) is 32.7. The van der Waals surface area contributed by atoms with Crippen molar-refractivity contribution < 1.29 is 63.3 Å². The molecule has 0 aromatic heterocycles. The summed E-state index contributed by atoms with van der Waals surface area (Å²) in [6, 6.07) is 7.23. The number of amides is 1. The van der Waals surface area contributed by atoms with Crippen molar-refractivity contribution in [1.82, 2.24) is 5.32 Å². The van der Waals surface area contributed by atoms with Crippen LogP contribution in [0.1, 0.15) is 104 Å². The van der Waals surface area contributed by atoms with Gasteiger partial charge in [-0.3, -0.25) is 19.2 Å². The average Bonchev–Trinajstić information content (AvgIpc) is 3.14. The van der Waals surface area contributed by atoms with E-state index in [9.17, 15) is 44.4 Å². The van der Waals surface area contributed by atoms with Crippen molar-refractivity contribution in [3.8, 4) is 0 Å². The zero-order chi connectivity index (χ0) is 40.8. The monoisotopic (exact) mass is 781 g/mol. The molecule has 0 radical (unpaired) electrons. The van der Waals surface area contributed by atoms with E-state index in [1.165, 1.54) is 13.8 Å². The van der Waals surface area contributed by atoms with Crippen molar-refractivity contribution in [1.29, 1.82) is 0 Å². The van der Waals surface area contributed by atoms with Gasteiger partial charge in [0.2, 0.25) is 5.91 Å². The van der Waals surface area contributed by atoms with Crippen LogP contribution in [0.4, 0.5) is 0 Å². The molecular weight excluding hydrogens is 726 g/mol. The summed E-state index contributed by atoms with van der Waals surface area (Å²) in [5.41, 5.74) is -6.82. The van der Waals surface area contributed by atoms with Crippen LogP contribution in [-0.2, 0) is 42.9 Å². The van der Waals surface area contributed by atoms with E-state index in [4.69, 9.17) is 18.9 Å². The van der Waals surface area contributed by atoms with Crippen LogP contribution in [0.15, 0.2) is 53.6 Å². The van der Waals surface area contributed by atoms with E-state index in [1.807, 2.05) is 12.2 Å². The first-order valence-corrected chi connectivity index (χ1v) is 19.6. The molecule has 6 rings (SSSR count). The molecule has 3 bridgehead atoms. The molecule has 2 heterocycles. The number of esters is 3. The Morgan fingerprint density at radius 2 is 1.61 bits per heavy atom. The first-order valence-electron chi connectivity index (χ1n) is 19.6. The Bertz CT molecular complexity index is 1770. The van der Waals surface area contributed by atoms with Gasteiger partial charge in [-0.05, 0) is 62.7 Å². The highest BCUT2D eigenvalue weighted by Gasteiger charge is 2.78. The number of rotatable bonds is 2. The van der Waals surface area contributed by atoms with Crippen LogP contribution in [-0.4, -0.2) is 104 Å². The summed E-state index contributed by atoms with van der Waals surface area (Å²) in [5, 5.41) is 51.7. The number of benzene rings is 1. The lowest BCUT2D eigenvalue weighted by Gasteiger charge is -2.67. The molecule has 1 amide bonds. The van der Waals surface area contributed by atoms with E-state index in [0.717, 1.165) is 0 Å². The molecule has 3 fully saturated rings. The van der Waals surface area contributed by atoms with Crippen LogP contribution in [0.3, 0.4) is 0 Å². The molecule has 0 spiro atoms. The van der Waals surface area contributed by atoms with Crippen LogP contribution in [0, 0.1) is 16.7 Å². The second-order valence-corrected chi connectivity index (χ2v) is 16.8. The van der Waals surface area contributed by atoms with Gasteiger partial charge in [-0.25, -0.2) is 4.79 Å². The summed E-state index contributed by atoms with van der Waals surface area (Å²) in [5.74, 6) is -5.32. The first-order chi connectivity index (χ1) is 26.4. The third kappa shape index (κ3) is 7.01. The highest BCUT2D eigenvalue weighted by atomic mass is 16.6. The standard InChI is InChI=1S/C42H55NO13/c1-23-26-21-42(52)37(35-40(5,36(50)33(48)31(23)39(42,3)4)27(45)20-28-41(35,22-53-28)56-24(2)44)55-30(47)19-15-10-8-6-7-9-14-18-29(46)43-32(34(49)38(51)54-26)25-16-12-11-13-17-25/h6,8,11-13,16-17,26-28,32-35,37,45,48-49,52H,7,9-10,14-15,18-22H2,1-5H3,(H,43,46)/b8-6+/t26-,27-,28+,32-,33+,34+,35-,37-,40+,41-,42+/m0/s1. The Balaban J connectivity index is 1.51. The fraction of sp³-hybridized carbons (Fsp3) is 0.643. The molecule has 306 valence electrons. The Labute approximate surface area is 326 Å². The second kappa shape index (κ2) is 15.8. The number of hydrogen-bond acceptors (Lipinski definition) is 13. The smallest absolute Gasteiger partial charge is 0.338 e. The molecule has 3 aliphatic carbocycles. The van der Waals surface area contributed by atoms with Gasteiger partial charge in [-0.15, -0.1) is 0 Å². The number of aliphatic hydroxyl groups is 4. The second-order valence-electron chi connectivity index (χ2n) is 16.8. The molecule has 1 aromatic carbocycles. The molecule has 1 aromatic rings. The van der Waals surface area contributed by atoms with E-state index in [2.05, 4.69) is 5.32 Å². The van der Waals surface area contributed by atoms with E-state index in [1.54, 1.807) is 51.1 Å². The molecule has 56 heavy (non-hydrogen) atoms. The summed E-state index contributed by atoms with van der Waals surface area (Å²) in [7, 11) is 0. The Hall–Kier alpha value is -3.95. The van der Waals surface area contributed by atoms with Gasteiger partial charge in [0.15, 0.2) is 17.5 Å². The first kappa shape index (κ1) is 41.7. The lowest BCUT2D eigenvalue weighted by atomic mass is 9.44. The summed E-state index contributed by atoms with van der Waals surface area (Å²) < 4.78 is 24.1. The van der Waals surface area contributed by atoms with Crippen molar-refractivity contribution in [2.75, 3.05) is 6.61 Å². The lowest BCUT2D eigenvalue weighted by Crippen LogP contribution is -2.81. The van der Waals surface area contributed by atoms with Crippen molar-refractivity contribution >= 4 is 29.6 Å². The van der Waals surface area contributed by atoms with Gasteiger partial charge in [-0.2, -0.15) is 0 Å². The maximum Gasteiger partial charge on any atom is 0.338 e. The normalized spacial score (nSPS) is 40.2. The molecule has 14 heteroatoms. The van der Waals surface area contributed by atoms with Crippen molar-refractivity contribution in [3.63, 3.8) is 0 Å². The van der Waals surface area contributed by atoms with Gasteiger partial charge in [0, 0.05) is 38.0 Å². The minimum absolute atomic E-state index is 0.0126. The van der Waals surface area contributed by atoms with Crippen LogP contribution < -0.4 is 5.32 Å². The van der Waals surface area contributed by atoms with Gasteiger partial charge >= 0.3 is 17.9 Å². The third-order valence-electron chi connectivity index (χ3n) is 13.2. The molecule has 0 unspecified atom stereocenters. The summed E-state index contributed by atoms with van der Waals surface area (Å²) in [6.45, 7) is 7.06. The average molecular weight is 782 g/mol. The number of hydrogen-bond donors (Lipinski definition) is 5. The Morgan fingerprint density at radius 1 is 0.929 bits per heavy atom. The molecule has 2 saturated carbocycles. The number of Topliss-reactive ketones (excluding diaryl/α,β-unsaturated/α-hetero) is 1. The molecule has 14 nitrogen and oxygen atoms in total. The minimum Gasteiger partial charge on any atom is -0.459 e. The third-order valence-corrected chi connectivity index (χ3v) is 13.2. The maximum absolute atomic E-state index is 14.9. The van der Waals surface area contributed by atoms with E-state index >= 15 is 0 Å². The quantitative estimate of drug-likeness (QED) is 0.166. The Morgan fingerprint density at radius 3 is 2.25 bits per heavy atom. The number of aliphatic hydroxyl groups excluding tert-OH is 3. The maximum atomic E-state index is 14.9. The number of ether oxygens (including phenoxy) is 4. The predicted octanol–water partition coefficient (Wildman–Crippen LogP) is 2.84. The molecular formula is C42H55NO13. The summed E-state index contributed by atoms with van der Waals surface area (Å²) in [4.78, 5) is 68.8. The number of ketones is 1. The summed E-state index contributed by atoms with van der Waals surface area (Å²) >= 11 is 0. The van der Waals surface area contributed by atoms with Crippen LogP contribution in [0.5, 0.6) is 0 Å². The number of nitrogens with one attached hydrogen (secondary N) is 1. The highest BCUT2D eigenvalue weighted by Crippen LogP contribution is 2.64. The van der Waals surface area contributed by atoms with E-state index in [0.29, 0.717) is 37.7 Å². The van der Waals surface area contributed by atoms with Crippen LogP contribution in [0.25, 0.3) is 0 Å². The lowest BCUT2D eigenvalue weighted by molar-refractivity contribution is -0.347. The van der Waals surface area contributed by atoms with Crippen molar-refractivity contribution in [3.05, 3.63) is 59.2 Å². The number of allylic oxidation sites excluding steroid dienone is 2. The number of carbonyl (C=O) groups excluding carboxylic acids is 5. The predicted molar refractivity (Wildman–Crippen MR) is 198 cm³/mol. The van der Waals surface area contributed by atoms with Gasteiger partial charge in [-0.1, -0.05) is 56.3 Å². The molecule has 11 atom stereocenters. The van der Waals surface area contributed by atoms with Gasteiger partial charge in [0.05, 0.1) is 30.1 Å². The van der Waals surface area contributed by atoms with Crippen LogP contribution >= 0.6 is 0 Å². The largest absolute Gasteiger partial charge is 0.459 e.